The fourth-order valence-corrected chi connectivity index (χ4v) is 4.35. The quantitative estimate of drug-likeness (QED) is 0.132. The fraction of sp³-hybridized carbons (Fsp3) is 0.0909. The first-order valence-corrected chi connectivity index (χ1v) is 13.3. The van der Waals surface area contributed by atoms with E-state index in [0.29, 0.717) is 5.69 Å². The van der Waals surface area contributed by atoms with Gasteiger partial charge in [0.25, 0.3) is 10.1 Å². The van der Waals surface area contributed by atoms with E-state index in [1.165, 1.54) is 26.4 Å². The maximum atomic E-state index is 13.0. The van der Waals surface area contributed by atoms with Crippen molar-refractivity contribution in [1.29, 1.82) is 0 Å². The van der Waals surface area contributed by atoms with Gasteiger partial charge in [-0.3, -0.25) is 9.35 Å². The number of para-hydroxylation sites is 1. The van der Waals surface area contributed by atoms with Gasteiger partial charge in [0, 0.05) is 21.6 Å². The first kappa shape index (κ1) is 30.2. The molecule has 0 unspecified atom stereocenters. The Morgan fingerprint density at radius 2 is 1.56 bits per heavy atom. The molecule has 17 heteroatoms. The molecule has 1 heterocycles. The summed E-state index contributed by atoms with van der Waals surface area (Å²) < 4.78 is 79.0. The number of aromatic nitrogens is 4. The summed E-state index contributed by atoms with van der Waals surface area (Å²) in [6.07, 6.45) is 0. The van der Waals surface area contributed by atoms with Gasteiger partial charge in [-0.25, -0.2) is 8.42 Å². The van der Waals surface area contributed by atoms with Crippen molar-refractivity contribution in [2.45, 2.75) is 9.79 Å². The van der Waals surface area contributed by atoms with Crippen LogP contribution in [0.5, 0.6) is 11.5 Å². The summed E-state index contributed by atoms with van der Waals surface area (Å²) in [6, 6.07) is 14.8. The van der Waals surface area contributed by atoms with Gasteiger partial charge in [-0.2, -0.15) is 8.42 Å². The van der Waals surface area contributed by atoms with Gasteiger partial charge < -0.3 is 19.3 Å². The number of hydrogen-bond acceptors (Lipinski definition) is 10. The van der Waals surface area contributed by atoms with E-state index < -0.39 is 41.8 Å². The number of benzene rings is 3. The van der Waals surface area contributed by atoms with E-state index in [9.17, 15) is 30.7 Å². The number of carbonyl (C=O) groups is 1. The van der Waals surface area contributed by atoms with E-state index >= 15 is 0 Å². The smallest absolute Gasteiger partial charge is 0.744 e. The Balaban J connectivity index is 0.00000420. The predicted molar refractivity (Wildman–Crippen MR) is 128 cm³/mol. The third kappa shape index (κ3) is 6.62. The Morgan fingerprint density at radius 1 is 0.949 bits per heavy atom. The maximum absolute atomic E-state index is 13.0. The van der Waals surface area contributed by atoms with Crippen LogP contribution in [-0.4, -0.2) is 61.1 Å². The van der Waals surface area contributed by atoms with Crippen LogP contribution in [0.2, 0.25) is 0 Å². The largest absolute Gasteiger partial charge is 1.00 e. The molecule has 1 aromatic heterocycles. The molecule has 198 valence electrons. The van der Waals surface area contributed by atoms with Crippen molar-refractivity contribution in [1.82, 2.24) is 15.0 Å². The summed E-state index contributed by atoms with van der Waals surface area (Å²) in [5, 5.41) is 10.9. The van der Waals surface area contributed by atoms with Crippen LogP contribution >= 0.6 is 0 Å². The molecule has 14 nitrogen and oxygen atoms in total. The minimum Gasteiger partial charge on any atom is -0.744 e. The zero-order valence-electron chi connectivity index (χ0n) is 20.7. The Bertz CT molecular complexity index is 1640. The minimum absolute atomic E-state index is 0. The molecule has 4 aromatic rings. The average molecular weight is 585 g/mol. The number of nitrogens with zero attached hydrogens (tertiary/aromatic N) is 4. The third-order valence-electron chi connectivity index (χ3n) is 5.11. The van der Waals surface area contributed by atoms with Crippen molar-refractivity contribution in [3.05, 3.63) is 72.6 Å². The molecule has 3 aromatic carbocycles. The molecule has 2 N–H and O–H groups in total. The second-order valence-corrected chi connectivity index (χ2v) is 10.3. The molecule has 0 bridgehead atoms. The second kappa shape index (κ2) is 11.8. The Labute approximate surface area is 245 Å². The number of amides is 1. The number of rotatable bonds is 8. The van der Waals surface area contributed by atoms with Crippen molar-refractivity contribution in [2.75, 3.05) is 19.5 Å². The molecule has 0 aliphatic rings. The van der Waals surface area contributed by atoms with E-state index in [0.717, 1.165) is 33.9 Å². The van der Waals surface area contributed by atoms with Gasteiger partial charge in [0.1, 0.15) is 10.1 Å². The number of anilines is 1. The first-order chi connectivity index (χ1) is 17.9. The Hall–Kier alpha value is -3.38. The Kier molecular flexibility index (Phi) is 9.12. The predicted octanol–water partition coefficient (Wildman–Crippen LogP) is -2.03. The number of methoxy groups -OCH3 is 2. The van der Waals surface area contributed by atoms with Crippen LogP contribution in [0.4, 0.5) is 5.69 Å². The molecule has 39 heavy (non-hydrogen) atoms. The van der Waals surface area contributed by atoms with Gasteiger partial charge >= 0.3 is 41.3 Å². The summed E-state index contributed by atoms with van der Waals surface area (Å²) >= 11 is 0. The van der Waals surface area contributed by atoms with E-state index in [1.807, 2.05) is 0 Å². The number of hydrogen-bond donors (Lipinski definition) is 2. The number of tetrazole rings is 1. The summed E-state index contributed by atoms with van der Waals surface area (Å²) in [5.41, 5.74) is 0.157. The van der Waals surface area contributed by atoms with Gasteiger partial charge in [0.2, 0.25) is 5.69 Å². The third-order valence-corrected chi connectivity index (χ3v) is 6.79. The second-order valence-electron chi connectivity index (χ2n) is 7.52. The normalized spacial score (nSPS) is 11.4. The summed E-state index contributed by atoms with van der Waals surface area (Å²) in [4.78, 5) is 13.7. The molecular weight excluding hydrogens is 565 g/mol. The molecular formula is C22H19N5NaO9S2+. The topological polar surface area (TPSA) is 194 Å². The van der Waals surface area contributed by atoms with Gasteiger partial charge in [-0.15, -0.1) is 0 Å². The van der Waals surface area contributed by atoms with Crippen LogP contribution < -0.4 is 49.1 Å². The number of carbonyl (C=O) groups excluding carboxylic acids is 1. The van der Waals surface area contributed by atoms with Gasteiger partial charge in [0.15, 0.2) is 17.2 Å². The van der Waals surface area contributed by atoms with Crippen LogP contribution in [0.15, 0.2) is 76.5 Å². The van der Waals surface area contributed by atoms with Crippen molar-refractivity contribution >= 4 is 31.8 Å². The molecule has 0 saturated carbocycles. The van der Waals surface area contributed by atoms with Gasteiger partial charge in [-0.1, -0.05) is 18.2 Å². The van der Waals surface area contributed by atoms with Crippen molar-refractivity contribution in [2.24, 2.45) is 0 Å². The molecule has 0 aliphatic heterocycles. The number of ether oxygens (including phenoxy) is 2. The van der Waals surface area contributed by atoms with E-state index in [4.69, 9.17) is 9.47 Å². The molecule has 0 spiro atoms. The average Bonchev–Trinajstić information content (AvgIpc) is 3.33. The molecule has 1 amide bonds. The van der Waals surface area contributed by atoms with Crippen LogP contribution in [0.1, 0.15) is 10.6 Å². The van der Waals surface area contributed by atoms with E-state index in [-0.39, 0.29) is 52.4 Å². The molecule has 4 rings (SSSR count). The molecule has 0 fully saturated rings. The zero-order valence-corrected chi connectivity index (χ0v) is 24.3. The summed E-state index contributed by atoms with van der Waals surface area (Å²) in [6.45, 7) is 0. The van der Waals surface area contributed by atoms with Crippen LogP contribution in [-0.2, 0) is 20.2 Å². The molecule has 0 aliphatic carbocycles. The monoisotopic (exact) mass is 584 g/mol. The van der Waals surface area contributed by atoms with Crippen molar-refractivity contribution < 1.29 is 74.6 Å². The molecule has 0 atom stereocenters. The maximum Gasteiger partial charge on any atom is 1.00 e. The standard InChI is InChI=1S/C22H19N5O9S2.Na/c1-35-19-10-8-15(37(29,30)31)12-17(19)26-24-21(22(28)23-14-6-4-3-5-7-14)25-27(26)18-13-16(38(32,33)34)9-11-20(18)36-2;/h3-13H,1-2H3,(H2-,23,28,29,30,31,32,33,34);/q;+1. The minimum atomic E-state index is -4.92. The van der Waals surface area contributed by atoms with Gasteiger partial charge in [0.05, 0.1) is 29.1 Å². The van der Waals surface area contributed by atoms with Gasteiger partial charge in [-0.05, 0) is 47.3 Å². The molecule has 0 saturated heterocycles. The zero-order chi connectivity index (χ0) is 27.7. The van der Waals surface area contributed by atoms with Crippen molar-refractivity contribution in [3.63, 3.8) is 0 Å². The summed E-state index contributed by atoms with van der Waals surface area (Å²) in [7, 11) is -7.04. The van der Waals surface area contributed by atoms with Crippen LogP contribution in [0.3, 0.4) is 0 Å². The summed E-state index contributed by atoms with van der Waals surface area (Å²) in [5.74, 6) is -1.15. The van der Waals surface area contributed by atoms with Crippen LogP contribution in [0, 0.1) is 0 Å². The number of nitrogens with one attached hydrogen (secondary N) is 1. The fourth-order valence-electron chi connectivity index (χ4n) is 3.36. The van der Waals surface area contributed by atoms with E-state index in [1.54, 1.807) is 30.3 Å². The van der Waals surface area contributed by atoms with Crippen molar-refractivity contribution in [3.8, 4) is 22.9 Å². The Morgan fingerprint density at radius 3 is 2.15 bits per heavy atom. The van der Waals surface area contributed by atoms with Crippen LogP contribution in [0.25, 0.3) is 11.4 Å². The van der Waals surface area contributed by atoms with E-state index in [2.05, 4.69) is 15.5 Å². The first-order valence-electron chi connectivity index (χ1n) is 10.5. The molecule has 0 radical (unpaired) electrons. The SMILES string of the molecule is COc1ccc(S(=O)(=O)O)cc1-n1nc(C(=O)Nc2ccccc2)n[n+]1-c1cc(S(=O)(=O)[O-])ccc1OC.[Na+].